The number of halogens is 1. The van der Waals surface area contributed by atoms with E-state index in [1.807, 2.05) is 25.1 Å². The molecule has 0 saturated heterocycles. The van der Waals surface area contributed by atoms with Crippen LogP contribution in [0, 0.1) is 13.8 Å². The van der Waals surface area contributed by atoms with Crippen molar-refractivity contribution in [2.24, 2.45) is 5.10 Å². The monoisotopic (exact) mass is 372 g/mol. The molecule has 0 aromatic carbocycles. The van der Waals surface area contributed by atoms with Gasteiger partial charge in [0.05, 0.1) is 23.2 Å². The van der Waals surface area contributed by atoms with E-state index in [9.17, 15) is 4.79 Å². The molecular weight excluding hydrogens is 352 g/mol. The van der Waals surface area contributed by atoms with Gasteiger partial charge in [0.2, 0.25) is 0 Å². The number of hydrogen-bond acceptors (Lipinski definition) is 4. The van der Waals surface area contributed by atoms with Crippen LogP contribution in [0.1, 0.15) is 47.2 Å². The van der Waals surface area contributed by atoms with E-state index in [2.05, 4.69) is 27.5 Å². The molecule has 0 aliphatic heterocycles. The van der Waals surface area contributed by atoms with Crippen LogP contribution in [0.2, 0.25) is 5.15 Å². The van der Waals surface area contributed by atoms with E-state index < -0.39 is 0 Å². The summed E-state index contributed by atoms with van der Waals surface area (Å²) < 4.78 is 3.50. The van der Waals surface area contributed by atoms with Crippen molar-refractivity contribution in [3.8, 4) is 0 Å². The molecule has 1 N–H and O–H groups in total. The number of hydrazone groups is 1. The van der Waals surface area contributed by atoms with E-state index in [0.29, 0.717) is 22.1 Å². The number of pyridine rings is 1. The molecular formula is C18H21ClN6O. The van der Waals surface area contributed by atoms with Crippen LogP contribution in [-0.2, 0) is 6.54 Å². The van der Waals surface area contributed by atoms with Crippen LogP contribution in [0.15, 0.2) is 29.5 Å². The van der Waals surface area contributed by atoms with Gasteiger partial charge < -0.3 is 0 Å². The van der Waals surface area contributed by atoms with Crippen molar-refractivity contribution in [1.29, 1.82) is 0 Å². The third kappa shape index (κ3) is 3.48. The summed E-state index contributed by atoms with van der Waals surface area (Å²) in [6.45, 7) is 6.54. The minimum Gasteiger partial charge on any atom is -0.295 e. The summed E-state index contributed by atoms with van der Waals surface area (Å²) >= 11 is 6.37. The number of carbonyl (C=O) groups is 1. The first-order chi connectivity index (χ1) is 12.5. The van der Waals surface area contributed by atoms with E-state index in [4.69, 9.17) is 11.6 Å². The van der Waals surface area contributed by atoms with Gasteiger partial charge in [-0.25, -0.2) is 10.4 Å². The van der Waals surface area contributed by atoms with Gasteiger partial charge in [-0.2, -0.15) is 10.2 Å². The van der Waals surface area contributed by atoms with Gasteiger partial charge in [-0.15, -0.1) is 0 Å². The maximum Gasteiger partial charge on any atom is 0.290 e. The Labute approximate surface area is 156 Å². The van der Waals surface area contributed by atoms with Gasteiger partial charge in [0, 0.05) is 12.7 Å². The lowest BCUT2D eigenvalue weighted by molar-refractivity contribution is 0.0948. The molecule has 8 heteroatoms. The average Bonchev–Trinajstić information content (AvgIpc) is 3.09. The quantitative estimate of drug-likeness (QED) is 0.532. The van der Waals surface area contributed by atoms with Crippen molar-refractivity contribution in [2.45, 2.75) is 40.2 Å². The zero-order valence-electron chi connectivity index (χ0n) is 15.0. The highest BCUT2D eigenvalue weighted by Gasteiger charge is 2.16. The summed E-state index contributed by atoms with van der Waals surface area (Å²) in [5.41, 5.74) is 5.85. The lowest BCUT2D eigenvalue weighted by atomic mass is 10.3. The molecule has 3 aromatic rings. The van der Waals surface area contributed by atoms with Crippen molar-refractivity contribution in [2.75, 3.05) is 0 Å². The van der Waals surface area contributed by atoms with Gasteiger partial charge in [0.25, 0.3) is 5.91 Å². The number of carbonyl (C=O) groups excluding carboxylic acids is 1. The number of aromatic nitrogens is 4. The van der Waals surface area contributed by atoms with Gasteiger partial charge in [-0.05, 0) is 32.4 Å². The SMILES string of the molecule is CCCCn1nc(C)c(/C=N\NC(=O)c2c(C)nc3ccccn23)c1Cl. The second-order valence-corrected chi connectivity index (χ2v) is 6.40. The van der Waals surface area contributed by atoms with Gasteiger partial charge in [-0.1, -0.05) is 31.0 Å². The Balaban J connectivity index is 1.77. The first-order valence-corrected chi connectivity index (χ1v) is 8.90. The Bertz CT molecular complexity index is 972. The molecule has 0 saturated carbocycles. The number of hydrogen-bond donors (Lipinski definition) is 1. The summed E-state index contributed by atoms with van der Waals surface area (Å²) in [7, 11) is 0. The molecule has 0 unspecified atom stereocenters. The van der Waals surface area contributed by atoms with E-state index in [-0.39, 0.29) is 5.91 Å². The topological polar surface area (TPSA) is 76.6 Å². The van der Waals surface area contributed by atoms with Gasteiger partial charge in [-0.3, -0.25) is 13.9 Å². The minimum atomic E-state index is -0.329. The van der Waals surface area contributed by atoms with Crippen molar-refractivity contribution in [1.82, 2.24) is 24.6 Å². The van der Waals surface area contributed by atoms with E-state index in [1.165, 1.54) is 6.21 Å². The number of rotatable bonds is 6. The molecule has 0 spiro atoms. The van der Waals surface area contributed by atoms with Crippen LogP contribution in [0.4, 0.5) is 0 Å². The van der Waals surface area contributed by atoms with Crippen LogP contribution >= 0.6 is 11.6 Å². The van der Waals surface area contributed by atoms with E-state index in [0.717, 1.165) is 30.7 Å². The van der Waals surface area contributed by atoms with Crippen LogP contribution in [0.25, 0.3) is 5.65 Å². The molecule has 0 aliphatic rings. The number of nitrogens with one attached hydrogen (secondary N) is 1. The normalized spacial score (nSPS) is 11.5. The summed E-state index contributed by atoms with van der Waals surface area (Å²) in [5, 5.41) is 9.00. The molecule has 136 valence electrons. The number of amides is 1. The number of fused-ring (bicyclic) bond motifs is 1. The molecule has 0 atom stereocenters. The fraction of sp³-hybridized carbons (Fsp3) is 0.333. The summed E-state index contributed by atoms with van der Waals surface area (Å²) in [5.74, 6) is -0.329. The largest absolute Gasteiger partial charge is 0.295 e. The number of imidazole rings is 1. The Morgan fingerprint density at radius 1 is 1.35 bits per heavy atom. The molecule has 0 radical (unpaired) electrons. The minimum absolute atomic E-state index is 0.329. The molecule has 1 amide bonds. The van der Waals surface area contributed by atoms with Crippen molar-refractivity contribution >= 4 is 29.4 Å². The van der Waals surface area contributed by atoms with Crippen LogP contribution in [-0.4, -0.2) is 31.3 Å². The first-order valence-electron chi connectivity index (χ1n) is 8.53. The average molecular weight is 373 g/mol. The highest BCUT2D eigenvalue weighted by Crippen LogP contribution is 2.18. The zero-order chi connectivity index (χ0) is 18.7. The second kappa shape index (κ2) is 7.70. The third-order valence-corrected chi connectivity index (χ3v) is 4.51. The predicted octanol–water partition coefficient (Wildman–Crippen LogP) is 3.37. The Hall–Kier alpha value is -2.67. The lowest BCUT2D eigenvalue weighted by Gasteiger charge is -2.02. The number of unbranched alkanes of at least 4 members (excludes halogenated alkanes) is 1. The highest BCUT2D eigenvalue weighted by atomic mass is 35.5. The van der Waals surface area contributed by atoms with Crippen molar-refractivity contribution < 1.29 is 4.79 Å². The Kier molecular flexibility index (Phi) is 5.37. The van der Waals surface area contributed by atoms with Gasteiger partial charge in [0.1, 0.15) is 16.5 Å². The third-order valence-electron chi connectivity index (χ3n) is 4.11. The molecule has 3 heterocycles. The Morgan fingerprint density at radius 3 is 2.92 bits per heavy atom. The van der Waals surface area contributed by atoms with E-state index >= 15 is 0 Å². The maximum absolute atomic E-state index is 12.5. The molecule has 0 fully saturated rings. The molecule has 0 aliphatic carbocycles. The standard InChI is InChI=1S/C18H21ClN6O/c1-4-5-10-25-17(19)14(12(2)23-25)11-20-22-18(26)16-13(3)21-15-8-6-7-9-24(15)16/h6-9,11H,4-5,10H2,1-3H3,(H,22,26)/b20-11-. The van der Waals surface area contributed by atoms with Crippen molar-refractivity contribution in [3.05, 3.63) is 52.2 Å². The smallest absolute Gasteiger partial charge is 0.290 e. The van der Waals surface area contributed by atoms with Crippen LogP contribution < -0.4 is 5.43 Å². The number of aryl methyl sites for hydroxylation is 3. The summed E-state index contributed by atoms with van der Waals surface area (Å²) in [6.07, 6.45) is 5.39. The molecule has 26 heavy (non-hydrogen) atoms. The van der Waals surface area contributed by atoms with Crippen LogP contribution in [0.5, 0.6) is 0 Å². The first kappa shape index (κ1) is 18.1. The summed E-state index contributed by atoms with van der Waals surface area (Å²) in [4.78, 5) is 16.9. The number of nitrogens with zero attached hydrogens (tertiary/aromatic N) is 5. The molecule has 3 rings (SSSR count). The van der Waals surface area contributed by atoms with Gasteiger partial charge >= 0.3 is 0 Å². The Morgan fingerprint density at radius 2 is 2.15 bits per heavy atom. The fourth-order valence-electron chi connectivity index (χ4n) is 2.77. The summed E-state index contributed by atoms with van der Waals surface area (Å²) in [6, 6.07) is 5.57. The van der Waals surface area contributed by atoms with Gasteiger partial charge in [0.15, 0.2) is 0 Å². The highest BCUT2D eigenvalue weighted by molar-refractivity contribution is 6.32. The van der Waals surface area contributed by atoms with Crippen molar-refractivity contribution in [3.63, 3.8) is 0 Å². The molecule has 3 aromatic heterocycles. The molecule has 0 bridgehead atoms. The lowest BCUT2D eigenvalue weighted by Crippen LogP contribution is -2.20. The molecule has 7 nitrogen and oxygen atoms in total. The zero-order valence-corrected chi connectivity index (χ0v) is 15.8. The predicted molar refractivity (Wildman–Crippen MR) is 102 cm³/mol. The maximum atomic E-state index is 12.5. The fourth-order valence-corrected chi connectivity index (χ4v) is 3.07. The van der Waals surface area contributed by atoms with Crippen LogP contribution in [0.3, 0.4) is 0 Å². The second-order valence-electron chi connectivity index (χ2n) is 6.04. The van der Waals surface area contributed by atoms with E-state index in [1.54, 1.807) is 22.2 Å².